The number of amides is 2. The number of piperidine rings is 1. The van der Waals surface area contributed by atoms with Gasteiger partial charge in [-0.15, -0.1) is 11.3 Å². The topological polar surface area (TPSA) is 71.5 Å². The molecule has 2 amide bonds. The van der Waals surface area contributed by atoms with Crippen LogP contribution in [0.1, 0.15) is 39.5 Å². The molecule has 1 aliphatic rings. The summed E-state index contributed by atoms with van der Waals surface area (Å²) in [6.45, 7) is 5.77. The lowest BCUT2D eigenvalue weighted by atomic mass is 9.97. The standard InChI is InChI=1S/C21H27N3O3S/c1-3-8-19(25)24-12-7-9-15(13-24)20(26)23-21-22-17(14-28-21)16-10-5-6-11-18(16)27-4-2/h5-6,10-11,14-15H,3-4,7-9,12-13H2,1-2H3,(H,22,23,26). The van der Waals surface area contributed by atoms with Gasteiger partial charge in [0, 0.05) is 30.5 Å². The lowest BCUT2D eigenvalue weighted by molar-refractivity contribution is -0.134. The van der Waals surface area contributed by atoms with E-state index in [1.165, 1.54) is 11.3 Å². The first-order valence-corrected chi connectivity index (χ1v) is 10.8. The van der Waals surface area contributed by atoms with E-state index >= 15 is 0 Å². The van der Waals surface area contributed by atoms with E-state index in [1.54, 1.807) is 0 Å². The average Bonchev–Trinajstić information content (AvgIpc) is 3.17. The molecule has 6 nitrogen and oxygen atoms in total. The fourth-order valence-electron chi connectivity index (χ4n) is 3.41. The van der Waals surface area contributed by atoms with Crippen LogP contribution in [0.5, 0.6) is 5.75 Å². The Kier molecular flexibility index (Phi) is 7.03. The molecule has 0 aliphatic carbocycles. The highest BCUT2D eigenvalue weighted by atomic mass is 32.1. The molecular weight excluding hydrogens is 374 g/mol. The predicted molar refractivity (Wildman–Crippen MR) is 112 cm³/mol. The summed E-state index contributed by atoms with van der Waals surface area (Å²) in [6, 6.07) is 7.75. The maximum atomic E-state index is 12.7. The number of para-hydroxylation sites is 1. The largest absolute Gasteiger partial charge is 0.493 e. The number of ether oxygens (including phenoxy) is 1. The zero-order valence-electron chi connectivity index (χ0n) is 16.4. The van der Waals surface area contributed by atoms with Crippen LogP contribution in [0, 0.1) is 5.92 Å². The Labute approximate surface area is 169 Å². The first kappa shape index (κ1) is 20.3. The smallest absolute Gasteiger partial charge is 0.231 e. The molecule has 1 saturated heterocycles. The van der Waals surface area contributed by atoms with E-state index in [0.717, 1.165) is 42.8 Å². The molecule has 1 atom stereocenters. The number of carbonyl (C=O) groups is 2. The van der Waals surface area contributed by atoms with Crippen molar-refractivity contribution in [3.05, 3.63) is 29.6 Å². The molecular formula is C21H27N3O3S. The van der Waals surface area contributed by atoms with Crippen LogP contribution in [0.15, 0.2) is 29.6 Å². The van der Waals surface area contributed by atoms with Crippen LogP contribution in [0.3, 0.4) is 0 Å². The first-order valence-electron chi connectivity index (χ1n) is 9.88. The highest BCUT2D eigenvalue weighted by Gasteiger charge is 2.28. The Morgan fingerprint density at radius 1 is 1.32 bits per heavy atom. The van der Waals surface area contributed by atoms with Gasteiger partial charge in [0.1, 0.15) is 5.75 Å². The van der Waals surface area contributed by atoms with Gasteiger partial charge in [0.25, 0.3) is 0 Å². The number of nitrogens with one attached hydrogen (secondary N) is 1. The summed E-state index contributed by atoms with van der Waals surface area (Å²) < 4.78 is 5.67. The molecule has 0 radical (unpaired) electrons. The molecule has 2 aromatic rings. The van der Waals surface area contributed by atoms with E-state index in [2.05, 4.69) is 10.3 Å². The number of nitrogens with zero attached hydrogens (tertiary/aromatic N) is 2. The van der Waals surface area contributed by atoms with Crippen LogP contribution in [0.25, 0.3) is 11.3 Å². The minimum Gasteiger partial charge on any atom is -0.493 e. The Bertz CT molecular complexity index is 821. The van der Waals surface area contributed by atoms with E-state index in [4.69, 9.17) is 4.74 Å². The van der Waals surface area contributed by atoms with E-state index in [1.807, 2.05) is 48.4 Å². The van der Waals surface area contributed by atoms with Gasteiger partial charge in [-0.1, -0.05) is 19.1 Å². The molecule has 2 heterocycles. The van der Waals surface area contributed by atoms with Crippen LogP contribution < -0.4 is 10.1 Å². The van der Waals surface area contributed by atoms with E-state index < -0.39 is 0 Å². The molecule has 1 aromatic carbocycles. The van der Waals surface area contributed by atoms with Gasteiger partial charge in [0.05, 0.1) is 18.2 Å². The highest BCUT2D eigenvalue weighted by molar-refractivity contribution is 7.14. The molecule has 3 rings (SSSR count). The van der Waals surface area contributed by atoms with Gasteiger partial charge in [-0.25, -0.2) is 4.98 Å². The number of hydrogen-bond acceptors (Lipinski definition) is 5. The van der Waals surface area contributed by atoms with Gasteiger partial charge in [0.15, 0.2) is 5.13 Å². The molecule has 150 valence electrons. The number of aromatic nitrogens is 1. The number of anilines is 1. The second kappa shape index (κ2) is 9.68. The minimum absolute atomic E-state index is 0.0620. The molecule has 0 saturated carbocycles. The molecule has 28 heavy (non-hydrogen) atoms. The maximum absolute atomic E-state index is 12.7. The van der Waals surface area contributed by atoms with E-state index in [0.29, 0.717) is 24.7 Å². The van der Waals surface area contributed by atoms with Crippen molar-refractivity contribution in [2.24, 2.45) is 5.92 Å². The van der Waals surface area contributed by atoms with E-state index in [9.17, 15) is 9.59 Å². The molecule has 1 aliphatic heterocycles. The number of thiazole rings is 1. The van der Waals surface area contributed by atoms with Crippen LogP contribution in [-0.2, 0) is 9.59 Å². The lowest BCUT2D eigenvalue weighted by Crippen LogP contribution is -2.43. The van der Waals surface area contributed by atoms with Crippen molar-refractivity contribution in [3.8, 4) is 17.0 Å². The van der Waals surface area contributed by atoms with Gasteiger partial charge in [-0.05, 0) is 38.3 Å². The number of likely N-dealkylation sites (tertiary alicyclic amines) is 1. The average molecular weight is 402 g/mol. The number of hydrogen-bond donors (Lipinski definition) is 1. The van der Waals surface area contributed by atoms with Crippen LogP contribution in [-0.4, -0.2) is 41.4 Å². The molecule has 7 heteroatoms. The SMILES string of the molecule is CCCC(=O)N1CCCC(C(=O)Nc2nc(-c3ccccc3OCC)cs2)C1. The zero-order valence-corrected chi connectivity index (χ0v) is 17.3. The monoisotopic (exact) mass is 401 g/mol. The van der Waals surface area contributed by atoms with Crippen molar-refractivity contribution in [2.75, 3.05) is 25.0 Å². The molecule has 0 spiro atoms. The van der Waals surface area contributed by atoms with Crippen LogP contribution in [0.2, 0.25) is 0 Å². The molecule has 1 aromatic heterocycles. The van der Waals surface area contributed by atoms with Crippen LogP contribution in [0.4, 0.5) is 5.13 Å². The summed E-state index contributed by atoms with van der Waals surface area (Å²) in [5.41, 5.74) is 1.70. The summed E-state index contributed by atoms with van der Waals surface area (Å²) in [5.74, 6) is 0.681. The van der Waals surface area contributed by atoms with Gasteiger partial charge in [0.2, 0.25) is 11.8 Å². The van der Waals surface area contributed by atoms with Crippen LogP contribution >= 0.6 is 11.3 Å². The molecule has 1 N–H and O–H groups in total. The second-order valence-electron chi connectivity index (χ2n) is 6.89. The van der Waals surface area contributed by atoms with Crippen molar-refractivity contribution in [1.82, 2.24) is 9.88 Å². The Hall–Kier alpha value is -2.41. The Balaban J connectivity index is 1.65. The first-order chi connectivity index (χ1) is 13.6. The van der Waals surface area contributed by atoms with Crippen molar-refractivity contribution >= 4 is 28.3 Å². The predicted octanol–water partition coefficient (Wildman–Crippen LogP) is 4.19. The Morgan fingerprint density at radius 2 is 2.14 bits per heavy atom. The number of carbonyl (C=O) groups excluding carboxylic acids is 2. The summed E-state index contributed by atoms with van der Waals surface area (Å²) in [4.78, 5) is 31.2. The number of rotatable bonds is 7. The third-order valence-corrected chi connectivity index (χ3v) is 5.56. The quantitative estimate of drug-likeness (QED) is 0.755. The zero-order chi connectivity index (χ0) is 19.9. The van der Waals surface area contributed by atoms with Gasteiger partial charge >= 0.3 is 0 Å². The molecule has 1 unspecified atom stereocenters. The normalized spacial score (nSPS) is 16.6. The maximum Gasteiger partial charge on any atom is 0.231 e. The molecule has 1 fully saturated rings. The number of benzene rings is 1. The fraction of sp³-hybridized carbons (Fsp3) is 0.476. The third-order valence-electron chi connectivity index (χ3n) is 4.81. The van der Waals surface area contributed by atoms with E-state index in [-0.39, 0.29) is 17.7 Å². The Morgan fingerprint density at radius 3 is 2.93 bits per heavy atom. The summed E-state index contributed by atoms with van der Waals surface area (Å²) >= 11 is 1.40. The fourth-order valence-corrected chi connectivity index (χ4v) is 4.13. The van der Waals surface area contributed by atoms with Gasteiger partial charge in [-0.2, -0.15) is 0 Å². The van der Waals surface area contributed by atoms with Crippen molar-refractivity contribution in [2.45, 2.75) is 39.5 Å². The van der Waals surface area contributed by atoms with Crippen molar-refractivity contribution in [1.29, 1.82) is 0 Å². The lowest BCUT2D eigenvalue weighted by Gasteiger charge is -2.31. The van der Waals surface area contributed by atoms with Gasteiger partial charge in [-0.3, -0.25) is 9.59 Å². The van der Waals surface area contributed by atoms with Crippen molar-refractivity contribution < 1.29 is 14.3 Å². The summed E-state index contributed by atoms with van der Waals surface area (Å²) in [6.07, 6.45) is 3.03. The summed E-state index contributed by atoms with van der Waals surface area (Å²) in [5, 5.41) is 5.43. The van der Waals surface area contributed by atoms with Gasteiger partial charge < -0.3 is 15.0 Å². The third kappa shape index (κ3) is 4.90. The second-order valence-corrected chi connectivity index (χ2v) is 7.74. The highest BCUT2D eigenvalue weighted by Crippen LogP contribution is 2.32. The minimum atomic E-state index is -0.183. The summed E-state index contributed by atoms with van der Waals surface area (Å²) in [7, 11) is 0. The van der Waals surface area contributed by atoms with Crippen molar-refractivity contribution in [3.63, 3.8) is 0 Å². The molecule has 0 bridgehead atoms.